The van der Waals surface area contributed by atoms with Crippen LogP contribution in [0.15, 0.2) is 18.2 Å². The fraction of sp³-hybridized carbons (Fsp3) is 0.400. The van der Waals surface area contributed by atoms with Crippen molar-refractivity contribution < 1.29 is 0 Å². The van der Waals surface area contributed by atoms with Gasteiger partial charge in [0, 0.05) is 15.8 Å². The van der Waals surface area contributed by atoms with E-state index in [0.29, 0.717) is 0 Å². The van der Waals surface area contributed by atoms with E-state index in [-0.39, 0.29) is 0 Å². The van der Waals surface area contributed by atoms with E-state index < -0.39 is 0 Å². The van der Waals surface area contributed by atoms with Crippen molar-refractivity contribution in [1.82, 2.24) is 0 Å². The van der Waals surface area contributed by atoms with Crippen molar-refractivity contribution in [2.75, 3.05) is 11.9 Å². The second-order valence-electron chi connectivity index (χ2n) is 2.91. The summed E-state index contributed by atoms with van der Waals surface area (Å²) in [6.45, 7) is 5.35. The lowest BCUT2D eigenvalue weighted by Gasteiger charge is -2.07. The molecule has 1 aromatic carbocycles. The van der Waals surface area contributed by atoms with Crippen LogP contribution in [0.2, 0.25) is 0 Å². The third kappa shape index (κ3) is 2.66. The zero-order chi connectivity index (χ0) is 8.97. The van der Waals surface area contributed by atoms with E-state index in [4.69, 9.17) is 0 Å². The topological polar surface area (TPSA) is 12.0 Å². The van der Waals surface area contributed by atoms with Crippen molar-refractivity contribution >= 4 is 28.3 Å². The van der Waals surface area contributed by atoms with Gasteiger partial charge in [0.2, 0.25) is 0 Å². The minimum absolute atomic E-state index is 1.05. The molecule has 66 valence electrons. The van der Waals surface area contributed by atoms with Gasteiger partial charge in [-0.05, 0) is 53.6 Å². The van der Waals surface area contributed by atoms with Gasteiger partial charge in [-0.15, -0.1) is 0 Å². The predicted molar refractivity (Wildman–Crippen MR) is 62.7 cm³/mol. The number of benzene rings is 1. The third-order valence-electron chi connectivity index (χ3n) is 1.69. The van der Waals surface area contributed by atoms with Crippen LogP contribution in [0.5, 0.6) is 0 Å². The lowest BCUT2D eigenvalue weighted by Crippen LogP contribution is -2.01. The number of anilines is 1. The van der Waals surface area contributed by atoms with Crippen molar-refractivity contribution in [3.05, 3.63) is 27.3 Å². The summed E-state index contributed by atoms with van der Waals surface area (Å²) in [5.41, 5.74) is 2.57. The van der Waals surface area contributed by atoms with E-state index in [9.17, 15) is 0 Å². The monoisotopic (exact) mass is 275 g/mol. The van der Waals surface area contributed by atoms with Gasteiger partial charge in [0.15, 0.2) is 0 Å². The first-order chi connectivity index (χ1) is 5.74. The lowest BCUT2D eigenvalue weighted by atomic mass is 10.2. The molecule has 0 heterocycles. The number of hydrogen-bond donors (Lipinski definition) is 1. The van der Waals surface area contributed by atoms with Crippen molar-refractivity contribution in [3.63, 3.8) is 0 Å². The van der Waals surface area contributed by atoms with Gasteiger partial charge in [-0.25, -0.2) is 0 Å². The van der Waals surface area contributed by atoms with E-state index in [2.05, 4.69) is 60.0 Å². The summed E-state index contributed by atoms with van der Waals surface area (Å²) in [4.78, 5) is 0. The predicted octanol–water partition coefficient (Wildman–Crippen LogP) is 3.42. The zero-order valence-corrected chi connectivity index (χ0v) is 9.68. The van der Waals surface area contributed by atoms with Crippen LogP contribution in [0, 0.1) is 10.5 Å². The maximum atomic E-state index is 3.38. The molecule has 0 radical (unpaired) electrons. The summed E-state index contributed by atoms with van der Waals surface area (Å²) in [5, 5.41) is 3.38. The molecule has 0 saturated heterocycles. The van der Waals surface area contributed by atoms with Gasteiger partial charge in [0.1, 0.15) is 0 Å². The molecule has 0 saturated carbocycles. The van der Waals surface area contributed by atoms with Crippen LogP contribution in [-0.2, 0) is 0 Å². The highest BCUT2D eigenvalue weighted by Gasteiger charge is 1.96. The fourth-order valence-electron chi connectivity index (χ4n) is 1.02. The number of rotatable bonds is 3. The van der Waals surface area contributed by atoms with E-state index in [1.165, 1.54) is 21.2 Å². The molecule has 0 aliphatic rings. The quantitative estimate of drug-likeness (QED) is 0.833. The van der Waals surface area contributed by atoms with Crippen LogP contribution >= 0.6 is 22.6 Å². The van der Waals surface area contributed by atoms with E-state index in [1.807, 2.05) is 0 Å². The maximum absolute atomic E-state index is 3.38. The summed E-state index contributed by atoms with van der Waals surface area (Å²) in [6.07, 6.45) is 1.17. The van der Waals surface area contributed by atoms with Crippen molar-refractivity contribution in [3.8, 4) is 0 Å². The Morgan fingerprint density at radius 2 is 2.17 bits per heavy atom. The van der Waals surface area contributed by atoms with Crippen molar-refractivity contribution in [1.29, 1.82) is 0 Å². The van der Waals surface area contributed by atoms with Gasteiger partial charge >= 0.3 is 0 Å². The molecular weight excluding hydrogens is 261 g/mol. The zero-order valence-electron chi connectivity index (χ0n) is 7.52. The van der Waals surface area contributed by atoms with Crippen LogP contribution in [-0.4, -0.2) is 6.54 Å². The molecule has 1 aromatic rings. The van der Waals surface area contributed by atoms with Crippen LogP contribution in [0.4, 0.5) is 5.69 Å². The molecule has 0 unspecified atom stereocenters. The highest BCUT2D eigenvalue weighted by Crippen LogP contribution is 2.18. The smallest absolute Gasteiger partial charge is 0.0476 e. The Hall–Kier alpha value is -0.250. The maximum Gasteiger partial charge on any atom is 0.0476 e. The Kier molecular flexibility index (Phi) is 3.85. The Morgan fingerprint density at radius 1 is 1.42 bits per heavy atom. The van der Waals surface area contributed by atoms with Gasteiger partial charge in [-0.1, -0.05) is 13.0 Å². The normalized spacial score (nSPS) is 9.92. The SMILES string of the molecule is CCCNc1ccc(C)cc1I. The van der Waals surface area contributed by atoms with Gasteiger partial charge in [-0.3, -0.25) is 0 Å². The average Bonchev–Trinajstić information content (AvgIpc) is 2.03. The second-order valence-corrected chi connectivity index (χ2v) is 4.07. The first-order valence-corrected chi connectivity index (χ1v) is 5.32. The highest BCUT2D eigenvalue weighted by molar-refractivity contribution is 14.1. The average molecular weight is 275 g/mol. The highest BCUT2D eigenvalue weighted by atomic mass is 127. The van der Waals surface area contributed by atoms with Crippen molar-refractivity contribution in [2.45, 2.75) is 20.3 Å². The van der Waals surface area contributed by atoms with E-state index >= 15 is 0 Å². The largest absolute Gasteiger partial charge is 0.384 e. The molecule has 0 aliphatic carbocycles. The molecule has 0 atom stereocenters. The summed E-state index contributed by atoms with van der Waals surface area (Å²) in [6, 6.07) is 6.48. The molecule has 1 N–H and O–H groups in total. The molecule has 0 aromatic heterocycles. The Balaban J connectivity index is 2.72. The van der Waals surface area contributed by atoms with Gasteiger partial charge in [0.05, 0.1) is 0 Å². The standard InChI is InChI=1S/C10H14IN/c1-3-6-12-10-5-4-8(2)7-9(10)11/h4-5,7,12H,3,6H2,1-2H3. The molecule has 0 fully saturated rings. The number of aryl methyl sites for hydroxylation is 1. The van der Waals surface area contributed by atoms with Gasteiger partial charge in [0.25, 0.3) is 0 Å². The number of hydrogen-bond acceptors (Lipinski definition) is 1. The molecule has 0 spiro atoms. The lowest BCUT2D eigenvalue weighted by molar-refractivity contribution is 0.978. The van der Waals surface area contributed by atoms with Crippen molar-refractivity contribution in [2.24, 2.45) is 0 Å². The Morgan fingerprint density at radius 3 is 2.75 bits per heavy atom. The van der Waals surface area contributed by atoms with E-state index in [0.717, 1.165) is 6.54 Å². The Labute approximate surface area is 87.7 Å². The first kappa shape index (κ1) is 9.84. The third-order valence-corrected chi connectivity index (χ3v) is 2.58. The number of nitrogens with one attached hydrogen (secondary N) is 1. The van der Waals surface area contributed by atoms with Crippen LogP contribution < -0.4 is 5.32 Å². The molecular formula is C10H14IN. The van der Waals surface area contributed by atoms with Gasteiger partial charge in [-0.2, -0.15) is 0 Å². The minimum atomic E-state index is 1.05. The van der Waals surface area contributed by atoms with E-state index in [1.54, 1.807) is 0 Å². The number of halogens is 1. The van der Waals surface area contributed by atoms with Crippen LogP contribution in [0.3, 0.4) is 0 Å². The molecule has 12 heavy (non-hydrogen) atoms. The van der Waals surface area contributed by atoms with Gasteiger partial charge < -0.3 is 5.32 Å². The van der Waals surface area contributed by atoms with Crippen LogP contribution in [0.1, 0.15) is 18.9 Å². The summed E-state index contributed by atoms with van der Waals surface area (Å²) < 4.78 is 1.31. The first-order valence-electron chi connectivity index (χ1n) is 4.24. The molecule has 0 bridgehead atoms. The fourth-order valence-corrected chi connectivity index (χ4v) is 1.88. The summed E-state index contributed by atoms with van der Waals surface area (Å²) in [5.74, 6) is 0. The Bertz CT molecular complexity index is 258. The summed E-state index contributed by atoms with van der Waals surface area (Å²) in [7, 11) is 0. The molecule has 0 amide bonds. The molecule has 0 aliphatic heterocycles. The molecule has 1 rings (SSSR count). The molecule has 1 nitrogen and oxygen atoms in total. The summed E-state index contributed by atoms with van der Waals surface area (Å²) >= 11 is 2.36. The molecule has 2 heteroatoms. The minimum Gasteiger partial charge on any atom is -0.384 e. The van der Waals surface area contributed by atoms with Crippen LogP contribution in [0.25, 0.3) is 0 Å². The second kappa shape index (κ2) is 4.70.